The third kappa shape index (κ3) is 2.25. The molecule has 0 nitrogen and oxygen atoms in total. The first-order valence-corrected chi connectivity index (χ1v) is 8.58. The van der Waals surface area contributed by atoms with Crippen LogP contribution in [0.25, 0.3) is 0 Å². The summed E-state index contributed by atoms with van der Waals surface area (Å²) in [6, 6.07) is 0. The van der Waals surface area contributed by atoms with Crippen molar-refractivity contribution in [3.63, 3.8) is 0 Å². The summed E-state index contributed by atoms with van der Waals surface area (Å²) in [4.78, 5) is 0. The van der Waals surface area contributed by atoms with Crippen LogP contribution in [0.3, 0.4) is 0 Å². The molecule has 3 aliphatic rings. The molecule has 3 saturated carbocycles. The van der Waals surface area contributed by atoms with Gasteiger partial charge in [-0.25, -0.2) is 0 Å². The Morgan fingerprint density at radius 1 is 1.00 bits per heavy atom. The summed E-state index contributed by atoms with van der Waals surface area (Å²) in [5.74, 6) is 8.42. The third-order valence-electron chi connectivity index (χ3n) is 7.22. The monoisotopic (exact) mass is 248 g/mol. The maximum absolute atomic E-state index is 2.54. The SMILES string of the molecule is CC(CC1CCC1)C1CC1CC1C(C)C(C)C1C. The van der Waals surface area contributed by atoms with Crippen LogP contribution in [0, 0.1) is 47.3 Å². The van der Waals surface area contributed by atoms with E-state index < -0.39 is 0 Å². The average molecular weight is 248 g/mol. The molecule has 0 saturated heterocycles. The average Bonchev–Trinajstić information content (AvgIpc) is 3.08. The normalized spacial score (nSPS) is 49.3. The highest BCUT2D eigenvalue weighted by Crippen LogP contribution is 2.56. The van der Waals surface area contributed by atoms with Gasteiger partial charge in [-0.2, -0.15) is 0 Å². The van der Waals surface area contributed by atoms with E-state index in [9.17, 15) is 0 Å². The molecule has 0 amide bonds. The van der Waals surface area contributed by atoms with E-state index >= 15 is 0 Å². The first-order chi connectivity index (χ1) is 8.58. The first-order valence-electron chi connectivity index (χ1n) is 8.58. The standard InChI is InChI=1S/C18H32/c1-11(8-15-6-5-7-15)17-9-16(17)10-18-13(3)12(2)14(18)4/h11-18H,5-10H2,1-4H3. The number of hydrogen-bond donors (Lipinski definition) is 0. The maximum Gasteiger partial charge on any atom is -0.0355 e. The minimum Gasteiger partial charge on any atom is -0.0622 e. The summed E-state index contributed by atoms with van der Waals surface area (Å²) >= 11 is 0. The predicted molar refractivity (Wildman–Crippen MR) is 78.3 cm³/mol. The second kappa shape index (κ2) is 4.84. The van der Waals surface area contributed by atoms with Gasteiger partial charge in [-0.15, -0.1) is 0 Å². The van der Waals surface area contributed by atoms with Crippen molar-refractivity contribution in [3.05, 3.63) is 0 Å². The van der Waals surface area contributed by atoms with Crippen molar-refractivity contribution in [2.24, 2.45) is 47.3 Å². The molecule has 5 atom stereocenters. The fourth-order valence-corrected chi connectivity index (χ4v) is 5.04. The summed E-state index contributed by atoms with van der Waals surface area (Å²) in [6.07, 6.45) is 9.27. The first kappa shape index (κ1) is 13.0. The zero-order chi connectivity index (χ0) is 12.9. The summed E-state index contributed by atoms with van der Waals surface area (Å²) in [5, 5.41) is 0. The van der Waals surface area contributed by atoms with Crippen molar-refractivity contribution < 1.29 is 0 Å². The van der Waals surface area contributed by atoms with Crippen molar-refractivity contribution in [1.29, 1.82) is 0 Å². The summed E-state index contributed by atoms with van der Waals surface area (Å²) in [6.45, 7) is 9.98. The van der Waals surface area contributed by atoms with Crippen LogP contribution in [0.1, 0.15) is 66.2 Å². The fourth-order valence-electron chi connectivity index (χ4n) is 5.04. The Morgan fingerprint density at radius 2 is 1.67 bits per heavy atom. The lowest BCUT2D eigenvalue weighted by Gasteiger charge is -2.48. The largest absolute Gasteiger partial charge is 0.0622 e. The minimum atomic E-state index is 0.986. The molecule has 0 spiro atoms. The zero-order valence-corrected chi connectivity index (χ0v) is 12.9. The van der Waals surface area contributed by atoms with Gasteiger partial charge >= 0.3 is 0 Å². The van der Waals surface area contributed by atoms with Crippen LogP contribution in [0.5, 0.6) is 0 Å². The molecule has 0 aromatic carbocycles. The molecule has 0 aromatic rings. The number of rotatable bonds is 5. The molecule has 0 radical (unpaired) electrons. The van der Waals surface area contributed by atoms with Crippen molar-refractivity contribution in [2.75, 3.05) is 0 Å². The Kier molecular flexibility index (Phi) is 3.49. The Labute approximate surface area is 114 Å². The van der Waals surface area contributed by atoms with E-state index in [1.807, 2.05) is 0 Å². The Balaban J connectivity index is 1.41. The Morgan fingerprint density at radius 3 is 2.22 bits per heavy atom. The lowest BCUT2D eigenvalue weighted by atomic mass is 9.57. The number of hydrogen-bond acceptors (Lipinski definition) is 0. The molecule has 0 bridgehead atoms. The fraction of sp³-hybridized carbons (Fsp3) is 1.00. The predicted octanol–water partition coefficient (Wildman–Crippen LogP) is 5.38. The van der Waals surface area contributed by atoms with E-state index in [2.05, 4.69) is 27.7 Å². The molecule has 3 fully saturated rings. The maximum atomic E-state index is 2.54. The van der Waals surface area contributed by atoms with Gasteiger partial charge in [0.25, 0.3) is 0 Å². The molecule has 0 heteroatoms. The van der Waals surface area contributed by atoms with E-state index in [0.717, 1.165) is 47.3 Å². The van der Waals surface area contributed by atoms with Crippen molar-refractivity contribution in [1.82, 2.24) is 0 Å². The molecule has 0 heterocycles. The van der Waals surface area contributed by atoms with Crippen LogP contribution in [0.2, 0.25) is 0 Å². The van der Waals surface area contributed by atoms with Gasteiger partial charge < -0.3 is 0 Å². The molecule has 18 heavy (non-hydrogen) atoms. The van der Waals surface area contributed by atoms with Crippen LogP contribution < -0.4 is 0 Å². The molecule has 0 N–H and O–H groups in total. The Hall–Kier alpha value is 0. The summed E-state index contributed by atoms with van der Waals surface area (Å²) in [7, 11) is 0. The van der Waals surface area contributed by atoms with Crippen LogP contribution in [-0.2, 0) is 0 Å². The van der Waals surface area contributed by atoms with Gasteiger partial charge in [0, 0.05) is 0 Å². The topological polar surface area (TPSA) is 0 Å². The molecule has 0 aliphatic heterocycles. The van der Waals surface area contributed by atoms with Gasteiger partial charge in [0.15, 0.2) is 0 Å². The van der Waals surface area contributed by atoms with Gasteiger partial charge in [-0.3, -0.25) is 0 Å². The second-order valence-corrected chi connectivity index (χ2v) is 8.15. The van der Waals surface area contributed by atoms with E-state index in [-0.39, 0.29) is 0 Å². The lowest BCUT2D eigenvalue weighted by Crippen LogP contribution is -2.42. The highest BCUT2D eigenvalue weighted by Gasteiger charge is 2.48. The van der Waals surface area contributed by atoms with E-state index in [4.69, 9.17) is 0 Å². The van der Waals surface area contributed by atoms with Gasteiger partial charge in [-0.1, -0.05) is 47.0 Å². The highest BCUT2D eigenvalue weighted by atomic mass is 14.5. The van der Waals surface area contributed by atoms with Crippen LogP contribution in [0.4, 0.5) is 0 Å². The molecule has 3 aliphatic carbocycles. The van der Waals surface area contributed by atoms with Gasteiger partial charge in [0.1, 0.15) is 0 Å². The molecule has 3 rings (SSSR count). The molecule has 5 unspecified atom stereocenters. The van der Waals surface area contributed by atoms with Crippen molar-refractivity contribution in [3.8, 4) is 0 Å². The van der Waals surface area contributed by atoms with Crippen molar-refractivity contribution in [2.45, 2.75) is 66.2 Å². The summed E-state index contributed by atoms with van der Waals surface area (Å²) < 4.78 is 0. The molecule has 104 valence electrons. The van der Waals surface area contributed by atoms with E-state index in [1.54, 1.807) is 19.3 Å². The highest BCUT2D eigenvalue weighted by molar-refractivity contribution is 4.97. The molecular weight excluding hydrogens is 216 g/mol. The van der Waals surface area contributed by atoms with E-state index in [1.165, 1.54) is 19.3 Å². The smallest absolute Gasteiger partial charge is 0.0355 e. The molecular formula is C18H32. The quantitative estimate of drug-likeness (QED) is 0.613. The van der Waals surface area contributed by atoms with Crippen LogP contribution >= 0.6 is 0 Å². The Bertz CT molecular complexity index is 280. The van der Waals surface area contributed by atoms with E-state index in [0.29, 0.717) is 0 Å². The van der Waals surface area contributed by atoms with Crippen molar-refractivity contribution >= 4 is 0 Å². The third-order valence-corrected chi connectivity index (χ3v) is 7.22. The van der Waals surface area contributed by atoms with Gasteiger partial charge in [-0.05, 0) is 66.6 Å². The molecule has 0 aromatic heterocycles. The van der Waals surface area contributed by atoms with Gasteiger partial charge in [0.05, 0.1) is 0 Å². The van der Waals surface area contributed by atoms with Crippen LogP contribution in [0.15, 0.2) is 0 Å². The van der Waals surface area contributed by atoms with Gasteiger partial charge in [0.2, 0.25) is 0 Å². The second-order valence-electron chi connectivity index (χ2n) is 8.15. The van der Waals surface area contributed by atoms with Crippen LogP contribution in [-0.4, -0.2) is 0 Å². The zero-order valence-electron chi connectivity index (χ0n) is 12.9. The minimum absolute atomic E-state index is 0.986. The summed E-state index contributed by atoms with van der Waals surface area (Å²) in [5.41, 5.74) is 0. The lowest BCUT2D eigenvalue weighted by molar-refractivity contribution is 0.00403.